The van der Waals surface area contributed by atoms with Crippen LogP contribution in [0.15, 0.2) is 95.2 Å². The van der Waals surface area contributed by atoms with Gasteiger partial charge in [0.1, 0.15) is 19.4 Å². The zero-order valence-corrected chi connectivity index (χ0v) is 21.1. The Bertz CT molecular complexity index is 1340. The van der Waals surface area contributed by atoms with Crippen LogP contribution in [0.2, 0.25) is 0 Å². The van der Waals surface area contributed by atoms with Gasteiger partial charge in [0.25, 0.3) is 5.91 Å². The van der Waals surface area contributed by atoms with Crippen molar-refractivity contribution in [1.29, 1.82) is 0 Å². The zero-order valence-electron chi connectivity index (χ0n) is 18.2. The van der Waals surface area contributed by atoms with Gasteiger partial charge in [0.2, 0.25) is 0 Å². The van der Waals surface area contributed by atoms with Gasteiger partial charge >= 0.3 is 0 Å². The normalized spacial score (nSPS) is 15.1. The number of nitrogens with one attached hydrogen (secondary N) is 2. The third kappa shape index (κ3) is 4.88. The number of halogens is 1. The number of aromatic hydroxyl groups is 1. The molecule has 0 bridgehead atoms. The number of rotatable bonds is 6. The highest BCUT2D eigenvalue weighted by molar-refractivity contribution is 14.2. The number of thiophene rings is 1. The highest BCUT2D eigenvalue weighted by Gasteiger charge is 2.22. The summed E-state index contributed by atoms with van der Waals surface area (Å²) in [6.07, 6.45) is 4.92. The molecule has 168 valence electrons. The van der Waals surface area contributed by atoms with Gasteiger partial charge in [-0.25, -0.2) is 0 Å². The van der Waals surface area contributed by atoms with Gasteiger partial charge < -0.3 is 15.7 Å². The number of phenols is 1. The molecule has 2 radical (unpaired) electrons. The van der Waals surface area contributed by atoms with E-state index in [0.717, 1.165) is 39.4 Å². The molecular weight excluding hydrogens is 556 g/mol. The second kappa shape index (κ2) is 10.0. The zero-order chi connectivity index (χ0) is 23.5. The number of carbonyl (C=O) groups is 1. The predicted molar refractivity (Wildman–Crippen MR) is 149 cm³/mol. The first-order valence-corrected chi connectivity index (χ1v) is 13.8. The lowest BCUT2D eigenvalue weighted by Crippen LogP contribution is -2.23. The van der Waals surface area contributed by atoms with E-state index < -0.39 is 21.0 Å². The number of hydrogen-bond acceptors (Lipinski definition) is 5. The van der Waals surface area contributed by atoms with Gasteiger partial charge in [0.15, 0.2) is 0 Å². The van der Waals surface area contributed by atoms with Crippen LogP contribution in [0.25, 0.3) is 5.57 Å². The van der Waals surface area contributed by atoms with Crippen molar-refractivity contribution >= 4 is 61.4 Å². The quantitative estimate of drug-likeness (QED) is 0.206. The third-order valence-corrected chi connectivity index (χ3v) is 8.98. The van der Waals surface area contributed by atoms with Crippen molar-refractivity contribution in [2.24, 2.45) is 0 Å². The van der Waals surface area contributed by atoms with Crippen LogP contribution >= 0.6 is 32.3 Å². The number of para-hydroxylation sites is 1. The van der Waals surface area contributed by atoms with Gasteiger partial charge in [-0.05, 0) is 50.9 Å². The highest BCUT2D eigenvalue weighted by Crippen LogP contribution is 2.38. The molecule has 34 heavy (non-hydrogen) atoms. The molecule has 0 spiro atoms. The molecule has 2 aliphatic heterocycles. The average molecular weight is 577 g/mol. The Labute approximate surface area is 214 Å². The van der Waals surface area contributed by atoms with Crippen LogP contribution in [-0.4, -0.2) is 26.0 Å². The number of allylic oxidation sites excluding steroid dienone is 4. The Morgan fingerprint density at radius 1 is 1.12 bits per heavy atom. The van der Waals surface area contributed by atoms with Crippen LogP contribution in [0.5, 0.6) is 5.75 Å². The Balaban J connectivity index is 1.33. The fourth-order valence-electron chi connectivity index (χ4n) is 3.73. The smallest absolute Gasteiger partial charge is 0.265 e. The number of anilines is 1. The second-order valence-corrected chi connectivity index (χ2v) is 10.9. The summed E-state index contributed by atoms with van der Waals surface area (Å²) in [5, 5.41) is 18.8. The number of fused-ring (bicyclic) bond motifs is 1. The van der Waals surface area contributed by atoms with Crippen LogP contribution in [0.1, 0.15) is 27.2 Å². The molecule has 2 aromatic carbocycles. The maximum atomic E-state index is 12.3. The summed E-state index contributed by atoms with van der Waals surface area (Å²) in [7, 11) is 6.28. The van der Waals surface area contributed by atoms with Crippen molar-refractivity contribution in [2.45, 2.75) is 13.0 Å². The first kappa shape index (κ1) is 22.7. The molecule has 3 heterocycles. The number of amides is 1. The average Bonchev–Trinajstić information content (AvgIpc) is 3.47. The first-order chi connectivity index (χ1) is 16.6. The predicted octanol–water partition coefficient (Wildman–Crippen LogP) is 5.51. The lowest BCUT2D eigenvalue weighted by molar-refractivity contribution is 0.103. The van der Waals surface area contributed by atoms with Crippen molar-refractivity contribution in [3.05, 3.63) is 111 Å². The molecule has 1 amide bonds. The monoisotopic (exact) mass is 577 g/mol. The molecular formula is C26H21BIN3O2S. The van der Waals surface area contributed by atoms with Crippen molar-refractivity contribution in [2.75, 3.05) is 5.32 Å². The highest BCUT2D eigenvalue weighted by atomic mass is 127. The first-order valence-electron chi connectivity index (χ1n) is 10.7. The van der Waals surface area contributed by atoms with Crippen molar-refractivity contribution in [1.82, 2.24) is 8.43 Å². The molecule has 5 nitrogen and oxygen atoms in total. The minimum absolute atomic E-state index is 0.0981. The fraction of sp³-hybridized carbons (Fsp3) is 0.0769. The number of benzene rings is 2. The number of nitrogens with zero attached hydrogens (tertiary/aromatic N) is 1. The molecule has 1 aromatic heterocycles. The van der Waals surface area contributed by atoms with Gasteiger partial charge in [-0.3, -0.25) is 7.91 Å². The number of hydrogen-bond donors (Lipinski definition) is 3. The van der Waals surface area contributed by atoms with Crippen LogP contribution in [0.3, 0.4) is 0 Å². The minimum Gasteiger partial charge on any atom is -0.507 e. The standard InChI is InChI=1S/C26H21BIN3O2S/c27-21-15-28-31-22(21)12-9-18(20-4-1-2-5-23(20)32)14-25(31)29-16-17-7-10-19(11-8-17)30-26(33)24-6-3-13-34-24/h1-11,13-15,29,32H,12,16H2,(H,30,33). The van der Waals surface area contributed by atoms with Crippen molar-refractivity contribution < 1.29 is 9.90 Å². The van der Waals surface area contributed by atoms with Crippen LogP contribution in [0.4, 0.5) is 5.69 Å². The summed E-state index contributed by atoms with van der Waals surface area (Å²) >= 11 is 1.03. The van der Waals surface area contributed by atoms with E-state index in [-0.39, 0.29) is 11.7 Å². The van der Waals surface area contributed by atoms with Crippen molar-refractivity contribution in [3.8, 4) is 5.75 Å². The molecule has 8 heteroatoms. The molecule has 5 rings (SSSR count). The lowest BCUT2D eigenvalue weighted by Gasteiger charge is -2.23. The summed E-state index contributed by atoms with van der Waals surface area (Å²) in [4.78, 5) is 13.0. The Morgan fingerprint density at radius 2 is 1.94 bits per heavy atom. The number of phenolic OH excluding ortho intramolecular Hbond substituents is 1. The summed E-state index contributed by atoms with van der Waals surface area (Å²) < 4.78 is 4.42. The molecule has 0 aliphatic carbocycles. The van der Waals surface area contributed by atoms with Gasteiger partial charge in [-0.15, -0.1) is 11.3 Å². The van der Waals surface area contributed by atoms with Gasteiger partial charge in [0.05, 0.1) is 4.88 Å². The molecule has 2 aliphatic rings. The Morgan fingerprint density at radius 3 is 2.71 bits per heavy atom. The van der Waals surface area contributed by atoms with Gasteiger partial charge in [-0.2, -0.15) is 0 Å². The summed E-state index contributed by atoms with van der Waals surface area (Å²) in [6.45, 7) is 0.618. The lowest BCUT2D eigenvalue weighted by atomic mass is 9.94. The van der Waals surface area contributed by atoms with E-state index in [1.54, 1.807) is 6.07 Å². The summed E-state index contributed by atoms with van der Waals surface area (Å²) in [5.74, 6) is 1.13. The van der Waals surface area contributed by atoms with Gasteiger partial charge in [-0.1, -0.05) is 47.9 Å². The van der Waals surface area contributed by atoms with E-state index in [1.807, 2.05) is 60.0 Å². The largest absolute Gasteiger partial charge is 0.507 e. The third-order valence-electron chi connectivity index (χ3n) is 5.50. The molecule has 3 aromatic rings. The maximum Gasteiger partial charge on any atom is 0.265 e. The summed E-state index contributed by atoms with van der Waals surface area (Å²) in [5.41, 5.74) is 5.55. The molecule has 0 atom stereocenters. The molecule has 0 unspecified atom stereocenters. The SMILES string of the molecule is [B]C1=C2CC=C(c3ccccc3O)C=C(NCc3ccc(NC(=O)c4cccs4)cc3)N2I=C1. The van der Waals surface area contributed by atoms with Gasteiger partial charge in [0, 0.05) is 50.9 Å². The van der Waals surface area contributed by atoms with E-state index in [2.05, 4.69) is 29.9 Å². The minimum atomic E-state index is -0.395. The van der Waals surface area contributed by atoms with E-state index in [4.69, 9.17) is 7.85 Å². The van der Waals surface area contributed by atoms with Crippen LogP contribution in [-0.2, 0) is 6.54 Å². The summed E-state index contributed by atoms with van der Waals surface area (Å²) in [6, 6.07) is 18.9. The topological polar surface area (TPSA) is 64.6 Å². The molecule has 0 saturated carbocycles. The molecule has 0 saturated heterocycles. The second-order valence-electron chi connectivity index (χ2n) is 7.78. The fourth-order valence-corrected chi connectivity index (χ4v) is 6.71. The van der Waals surface area contributed by atoms with E-state index >= 15 is 0 Å². The Hall–Kier alpha value is -3.11. The van der Waals surface area contributed by atoms with E-state index in [0.29, 0.717) is 17.8 Å². The molecule has 3 N–H and O–H groups in total. The van der Waals surface area contributed by atoms with Crippen molar-refractivity contribution in [3.63, 3.8) is 0 Å². The molecule has 0 fully saturated rings. The maximum absolute atomic E-state index is 12.3. The van der Waals surface area contributed by atoms with Crippen LogP contribution in [0, 0.1) is 0 Å². The van der Waals surface area contributed by atoms with Crippen LogP contribution < -0.4 is 10.6 Å². The van der Waals surface area contributed by atoms with E-state index in [9.17, 15) is 9.90 Å². The van der Waals surface area contributed by atoms with E-state index in [1.165, 1.54) is 11.3 Å². The number of carbonyl (C=O) groups excluding carboxylic acids is 1. The Kier molecular flexibility index (Phi) is 6.69.